The van der Waals surface area contributed by atoms with Gasteiger partial charge in [0.25, 0.3) is 0 Å². The predicted octanol–water partition coefficient (Wildman–Crippen LogP) is 3.93. The van der Waals surface area contributed by atoms with Crippen LogP contribution < -0.4 is 0 Å². The normalized spacial score (nSPS) is 18.0. The molecular formula is C24H34ClNO5. The minimum Gasteiger partial charge on any atom is -0.461 e. The van der Waals surface area contributed by atoms with Gasteiger partial charge in [-0.1, -0.05) is 35.9 Å². The van der Waals surface area contributed by atoms with Crippen molar-refractivity contribution < 1.29 is 24.2 Å². The fraction of sp³-hybridized carbons (Fsp3) is 0.583. The fourth-order valence-corrected chi connectivity index (χ4v) is 3.82. The topological polar surface area (TPSA) is 76.1 Å². The Kier molecular flexibility index (Phi) is 11.1. The molecule has 7 heteroatoms. The number of esters is 1. The van der Waals surface area contributed by atoms with Crippen LogP contribution in [0.3, 0.4) is 0 Å². The van der Waals surface area contributed by atoms with E-state index >= 15 is 0 Å². The Morgan fingerprint density at radius 3 is 2.90 bits per heavy atom. The molecule has 0 bridgehead atoms. The number of amides is 1. The molecule has 1 amide bonds. The number of unbranched alkanes of at least 4 members (excludes halogenated alkanes) is 1. The van der Waals surface area contributed by atoms with Crippen molar-refractivity contribution in [2.75, 3.05) is 19.8 Å². The average molecular weight is 452 g/mol. The molecule has 1 aromatic rings. The van der Waals surface area contributed by atoms with E-state index < -0.39 is 6.10 Å². The molecule has 0 spiro atoms. The number of nitrogens with zero attached hydrogens (tertiary/aromatic N) is 1. The van der Waals surface area contributed by atoms with Crippen LogP contribution in [-0.4, -0.2) is 59.9 Å². The predicted molar refractivity (Wildman–Crippen MR) is 121 cm³/mol. The summed E-state index contributed by atoms with van der Waals surface area (Å²) in [7, 11) is 0. The molecule has 172 valence electrons. The van der Waals surface area contributed by atoms with Gasteiger partial charge in [0.1, 0.15) is 6.61 Å². The molecule has 0 aliphatic carbocycles. The molecule has 0 radical (unpaired) electrons. The minimum atomic E-state index is -0.628. The molecule has 1 heterocycles. The smallest absolute Gasteiger partial charge is 0.332 e. The highest BCUT2D eigenvalue weighted by molar-refractivity contribution is 6.30. The molecule has 6 nitrogen and oxygen atoms in total. The van der Waals surface area contributed by atoms with Crippen molar-refractivity contribution in [3.8, 4) is 0 Å². The SMILES string of the molecule is CC(C)OC(=O)COCCCCN1C(=O)CCCC1/C=C/C(O)Cc1cccc(Cl)c1. The maximum atomic E-state index is 12.4. The van der Waals surface area contributed by atoms with Crippen LogP contribution in [0.2, 0.25) is 5.02 Å². The maximum absolute atomic E-state index is 12.4. The number of carbonyl (C=O) groups is 2. The zero-order valence-electron chi connectivity index (χ0n) is 18.5. The van der Waals surface area contributed by atoms with E-state index in [2.05, 4.69) is 0 Å². The monoisotopic (exact) mass is 451 g/mol. The van der Waals surface area contributed by atoms with Crippen LogP contribution in [-0.2, 0) is 25.5 Å². The van der Waals surface area contributed by atoms with E-state index in [9.17, 15) is 14.7 Å². The summed E-state index contributed by atoms with van der Waals surface area (Å²) in [6, 6.07) is 7.45. The van der Waals surface area contributed by atoms with Crippen LogP contribution in [0, 0.1) is 0 Å². The van der Waals surface area contributed by atoms with Gasteiger partial charge in [0.05, 0.1) is 18.2 Å². The van der Waals surface area contributed by atoms with Crippen molar-refractivity contribution in [3.63, 3.8) is 0 Å². The highest BCUT2D eigenvalue weighted by atomic mass is 35.5. The summed E-state index contributed by atoms with van der Waals surface area (Å²) in [5.74, 6) is -0.214. The van der Waals surface area contributed by atoms with Crippen LogP contribution in [0.1, 0.15) is 51.5 Å². The second-order valence-electron chi connectivity index (χ2n) is 8.13. The van der Waals surface area contributed by atoms with Crippen molar-refractivity contribution in [2.24, 2.45) is 0 Å². The van der Waals surface area contributed by atoms with E-state index in [0.29, 0.717) is 31.0 Å². The quantitative estimate of drug-likeness (QED) is 0.296. The van der Waals surface area contributed by atoms with Gasteiger partial charge in [-0.3, -0.25) is 4.79 Å². The second kappa shape index (κ2) is 13.5. The fourth-order valence-electron chi connectivity index (χ4n) is 3.61. The first-order chi connectivity index (χ1) is 14.8. The van der Waals surface area contributed by atoms with E-state index in [1.807, 2.05) is 29.2 Å². The minimum absolute atomic E-state index is 0.00259. The molecule has 1 aliphatic heterocycles. The number of aliphatic hydroxyl groups is 1. The van der Waals surface area contributed by atoms with E-state index in [0.717, 1.165) is 31.2 Å². The van der Waals surface area contributed by atoms with Gasteiger partial charge in [0.2, 0.25) is 5.91 Å². The van der Waals surface area contributed by atoms with Crippen molar-refractivity contribution in [1.29, 1.82) is 0 Å². The third kappa shape index (κ3) is 9.85. The van der Waals surface area contributed by atoms with Gasteiger partial charge in [-0.25, -0.2) is 4.79 Å². The lowest BCUT2D eigenvalue weighted by atomic mass is 9.99. The third-order valence-electron chi connectivity index (χ3n) is 5.03. The number of carbonyl (C=O) groups excluding carboxylic acids is 2. The molecule has 2 unspecified atom stereocenters. The molecule has 0 aromatic heterocycles. The van der Waals surface area contributed by atoms with E-state index in [4.69, 9.17) is 21.1 Å². The van der Waals surface area contributed by atoms with Gasteiger partial charge in [-0.2, -0.15) is 0 Å². The zero-order chi connectivity index (χ0) is 22.6. The summed E-state index contributed by atoms with van der Waals surface area (Å²) < 4.78 is 10.4. The van der Waals surface area contributed by atoms with Crippen molar-refractivity contribution in [3.05, 3.63) is 47.0 Å². The van der Waals surface area contributed by atoms with Crippen LogP contribution in [0.4, 0.5) is 0 Å². The molecule has 2 atom stereocenters. The Balaban J connectivity index is 1.75. The lowest BCUT2D eigenvalue weighted by molar-refractivity contribution is -0.152. The number of piperidine rings is 1. The van der Waals surface area contributed by atoms with Crippen LogP contribution >= 0.6 is 11.6 Å². The second-order valence-corrected chi connectivity index (χ2v) is 8.57. The highest BCUT2D eigenvalue weighted by Crippen LogP contribution is 2.21. The molecular weight excluding hydrogens is 418 g/mol. The van der Waals surface area contributed by atoms with Gasteiger partial charge in [-0.15, -0.1) is 0 Å². The molecule has 2 rings (SSSR count). The standard InChI is InChI=1S/C24H34ClNO5/c1-18(2)31-24(29)17-30-14-4-3-13-26-21(9-6-10-23(26)28)11-12-22(27)16-19-7-5-8-20(25)15-19/h5,7-8,11-12,15,18,21-22,27H,3-4,6,9-10,13-14,16-17H2,1-2H3/b12-11+. The molecule has 0 saturated carbocycles. The van der Waals surface area contributed by atoms with E-state index in [-0.39, 0.29) is 30.6 Å². The Hall–Kier alpha value is -1.89. The summed E-state index contributed by atoms with van der Waals surface area (Å²) in [6.07, 6.45) is 7.30. The van der Waals surface area contributed by atoms with Gasteiger partial charge in [-0.05, 0) is 57.2 Å². The van der Waals surface area contributed by atoms with Crippen molar-refractivity contribution in [1.82, 2.24) is 4.90 Å². The molecule has 31 heavy (non-hydrogen) atoms. The van der Waals surface area contributed by atoms with Crippen LogP contribution in [0.15, 0.2) is 36.4 Å². The lowest BCUT2D eigenvalue weighted by Crippen LogP contribution is -2.43. The molecule has 1 aromatic carbocycles. The Morgan fingerprint density at radius 2 is 2.16 bits per heavy atom. The molecule has 1 fully saturated rings. The number of hydrogen-bond acceptors (Lipinski definition) is 5. The number of likely N-dealkylation sites (tertiary alicyclic amines) is 1. The van der Waals surface area contributed by atoms with Gasteiger partial charge in [0.15, 0.2) is 0 Å². The van der Waals surface area contributed by atoms with Crippen LogP contribution in [0.5, 0.6) is 0 Å². The first-order valence-corrected chi connectivity index (χ1v) is 11.4. The molecule has 1 N–H and O–H groups in total. The number of benzene rings is 1. The summed E-state index contributed by atoms with van der Waals surface area (Å²) >= 11 is 6.00. The summed E-state index contributed by atoms with van der Waals surface area (Å²) in [5, 5.41) is 11.0. The number of aliphatic hydroxyl groups excluding tert-OH is 1. The Morgan fingerprint density at radius 1 is 1.35 bits per heavy atom. The van der Waals surface area contributed by atoms with Crippen molar-refractivity contribution >= 4 is 23.5 Å². The van der Waals surface area contributed by atoms with Gasteiger partial charge < -0.3 is 19.5 Å². The highest BCUT2D eigenvalue weighted by Gasteiger charge is 2.25. The van der Waals surface area contributed by atoms with Crippen molar-refractivity contribution in [2.45, 2.75) is 70.6 Å². The van der Waals surface area contributed by atoms with E-state index in [1.165, 1.54) is 0 Å². The van der Waals surface area contributed by atoms with E-state index in [1.54, 1.807) is 26.0 Å². The Bertz CT molecular complexity index is 736. The number of ether oxygens (including phenoxy) is 2. The summed E-state index contributed by atoms with van der Waals surface area (Å²) in [6.45, 7) is 4.65. The molecule has 1 saturated heterocycles. The summed E-state index contributed by atoms with van der Waals surface area (Å²) in [5.41, 5.74) is 0.971. The zero-order valence-corrected chi connectivity index (χ0v) is 19.2. The molecule has 1 aliphatic rings. The number of hydrogen-bond donors (Lipinski definition) is 1. The van der Waals surface area contributed by atoms with Gasteiger partial charge >= 0.3 is 5.97 Å². The summed E-state index contributed by atoms with van der Waals surface area (Å²) in [4.78, 5) is 25.7. The Labute approximate surface area is 190 Å². The average Bonchev–Trinajstić information content (AvgIpc) is 2.69. The van der Waals surface area contributed by atoms with Crippen LogP contribution in [0.25, 0.3) is 0 Å². The first-order valence-electron chi connectivity index (χ1n) is 11.0. The maximum Gasteiger partial charge on any atom is 0.332 e. The number of rotatable bonds is 12. The number of halogens is 1. The third-order valence-corrected chi connectivity index (χ3v) is 5.26. The first kappa shape index (κ1) is 25.4. The lowest BCUT2D eigenvalue weighted by Gasteiger charge is -2.34. The van der Waals surface area contributed by atoms with Gasteiger partial charge in [0, 0.05) is 31.0 Å². The largest absolute Gasteiger partial charge is 0.461 e.